The van der Waals surface area contributed by atoms with Gasteiger partial charge in [-0.05, 0) is 57.2 Å². The number of morpholine rings is 1. The number of aromatic nitrogens is 4. The zero-order chi connectivity index (χ0) is 26.8. The van der Waals surface area contributed by atoms with Crippen LogP contribution in [0.5, 0.6) is 0 Å². The predicted molar refractivity (Wildman–Crippen MR) is 146 cm³/mol. The fourth-order valence-electron chi connectivity index (χ4n) is 6.14. The highest BCUT2D eigenvalue weighted by Gasteiger charge is 2.28. The Bertz CT molecular complexity index is 1270. The number of hydrogen-bond donors (Lipinski definition) is 1. The normalized spacial score (nSPS) is 23.5. The van der Waals surface area contributed by atoms with Gasteiger partial charge < -0.3 is 19.7 Å². The monoisotopic (exact) mass is 541 g/mol. The number of anilines is 2. The minimum absolute atomic E-state index is 0.106. The molecule has 2 aromatic heterocycles. The van der Waals surface area contributed by atoms with Gasteiger partial charge in [0, 0.05) is 45.0 Å². The number of imidazole rings is 1. The second-order valence-corrected chi connectivity index (χ2v) is 10.8. The van der Waals surface area contributed by atoms with Gasteiger partial charge in [-0.1, -0.05) is 12.1 Å². The van der Waals surface area contributed by atoms with Gasteiger partial charge >= 0.3 is 0 Å². The summed E-state index contributed by atoms with van der Waals surface area (Å²) >= 11 is 0. The zero-order valence-electron chi connectivity index (χ0n) is 22.4. The molecule has 6 rings (SSSR count). The molecule has 1 aromatic carbocycles. The molecule has 210 valence electrons. The van der Waals surface area contributed by atoms with E-state index in [-0.39, 0.29) is 11.9 Å². The molecule has 0 bridgehead atoms. The molecule has 2 atom stereocenters. The van der Waals surface area contributed by atoms with Crippen molar-refractivity contribution in [1.82, 2.24) is 24.4 Å². The van der Waals surface area contributed by atoms with Gasteiger partial charge in [0.05, 0.1) is 30.3 Å². The molecule has 0 radical (unpaired) electrons. The molecule has 0 spiro atoms. The first kappa shape index (κ1) is 26.3. The average molecular weight is 542 g/mol. The number of rotatable bonds is 7. The fourth-order valence-corrected chi connectivity index (χ4v) is 6.14. The first-order valence-corrected chi connectivity index (χ1v) is 14.1. The van der Waals surface area contributed by atoms with Crippen LogP contribution in [-0.4, -0.2) is 89.1 Å². The number of alkyl halides is 2. The van der Waals surface area contributed by atoms with Gasteiger partial charge in [0.25, 0.3) is 6.43 Å². The average Bonchev–Trinajstić information content (AvgIpc) is 3.37. The minimum atomic E-state index is -2.74. The van der Waals surface area contributed by atoms with Crippen LogP contribution in [0.1, 0.15) is 44.9 Å². The summed E-state index contributed by atoms with van der Waals surface area (Å²) < 4.78 is 41.0. The van der Waals surface area contributed by atoms with Crippen molar-refractivity contribution in [3.05, 3.63) is 36.2 Å². The van der Waals surface area contributed by atoms with Crippen molar-refractivity contribution in [1.29, 1.82) is 0 Å². The van der Waals surface area contributed by atoms with Crippen molar-refractivity contribution in [3.8, 4) is 5.82 Å². The van der Waals surface area contributed by atoms with Gasteiger partial charge in [-0.3, -0.25) is 9.47 Å². The number of nitrogens with one attached hydrogen (secondary N) is 1. The quantitative estimate of drug-likeness (QED) is 0.475. The molecular weight excluding hydrogens is 504 g/mol. The van der Waals surface area contributed by atoms with Crippen LogP contribution in [0.3, 0.4) is 0 Å². The lowest BCUT2D eigenvalue weighted by atomic mass is 9.95. The van der Waals surface area contributed by atoms with Crippen LogP contribution < -0.4 is 10.2 Å². The molecule has 0 saturated carbocycles. The van der Waals surface area contributed by atoms with Crippen LogP contribution in [-0.2, 0) is 9.47 Å². The van der Waals surface area contributed by atoms with Crippen molar-refractivity contribution in [2.75, 3.05) is 62.8 Å². The van der Waals surface area contributed by atoms with E-state index in [2.05, 4.69) is 27.0 Å². The Labute approximate surface area is 227 Å². The third kappa shape index (κ3) is 5.71. The van der Waals surface area contributed by atoms with Crippen molar-refractivity contribution in [2.45, 2.75) is 51.1 Å². The molecule has 1 N–H and O–H groups in total. The van der Waals surface area contributed by atoms with Crippen LogP contribution >= 0.6 is 0 Å². The van der Waals surface area contributed by atoms with Gasteiger partial charge in [0.15, 0.2) is 5.82 Å². The van der Waals surface area contributed by atoms with E-state index in [1.54, 1.807) is 24.3 Å². The number of ether oxygens (including phenoxy) is 2. The van der Waals surface area contributed by atoms with Crippen molar-refractivity contribution in [3.63, 3.8) is 0 Å². The van der Waals surface area contributed by atoms with E-state index in [1.807, 2.05) is 6.07 Å². The van der Waals surface area contributed by atoms with Crippen molar-refractivity contribution < 1.29 is 18.3 Å². The first-order chi connectivity index (χ1) is 19.1. The molecule has 0 amide bonds. The lowest BCUT2D eigenvalue weighted by molar-refractivity contribution is 0.0190. The van der Waals surface area contributed by atoms with Gasteiger partial charge in [0.2, 0.25) is 5.95 Å². The molecular formula is C28H37F2N7O2. The zero-order valence-corrected chi connectivity index (χ0v) is 22.4. The molecule has 3 fully saturated rings. The molecule has 3 aromatic rings. The SMILES string of the molecule is C[C@@H]1COCCN1c1cc(-n2c(C(F)F)nc3ccccc32)nc(NC[C@H]2CCCN(C3CCOCC3)C2)n1. The topological polar surface area (TPSA) is 80.6 Å². The van der Waals surface area contributed by atoms with Gasteiger partial charge in [0.1, 0.15) is 11.6 Å². The fraction of sp³-hybridized carbons (Fsp3) is 0.607. The Kier molecular flexibility index (Phi) is 7.90. The lowest BCUT2D eigenvalue weighted by Gasteiger charge is -2.40. The number of para-hydroxylation sites is 2. The Morgan fingerprint density at radius 1 is 1.00 bits per heavy atom. The summed E-state index contributed by atoms with van der Waals surface area (Å²) in [5, 5.41) is 3.48. The number of nitrogens with zero attached hydrogens (tertiary/aromatic N) is 6. The number of piperidine rings is 1. The summed E-state index contributed by atoms with van der Waals surface area (Å²) in [7, 11) is 0. The molecule has 3 aliphatic rings. The van der Waals surface area contributed by atoms with Crippen molar-refractivity contribution in [2.24, 2.45) is 5.92 Å². The van der Waals surface area contributed by atoms with Crippen LogP contribution in [0.4, 0.5) is 20.5 Å². The maximum atomic E-state index is 14.2. The number of benzene rings is 1. The molecule has 3 aliphatic heterocycles. The first-order valence-electron chi connectivity index (χ1n) is 14.1. The number of fused-ring (bicyclic) bond motifs is 1. The molecule has 5 heterocycles. The molecule has 9 nitrogen and oxygen atoms in total. The third-order valence-corrected chi connectivity index (χ3v) is 8.18. The van der Waals surface area contributed by atoms with Crippen LogP contribution in [0, 0.1) is 5.92 Å². The Morgan fingerprint density at radius 2 is 1.82 bits per heavy atom. The molecule has 0 unspecified atom stereocenters. The van der Waals surface area contributed by atoms with Gasteiger partial charge in [-0.25, -0.2) is 13.8 Å². The smallest absolute Gasteiger partial charge is 0.296 e. The van der Waals surface area contributed by atoms with Crippen LogP contribution in [0.25, 0.3) is 16.9 Å². The second kappa shape index (κ2) is 11.7. The van der Waals surface area contributed by atoms with E-state index in [4.69, 9.17) is 19.4 Å². The highest BCUT2D eigenvalue weighted by molar-refractivity contribution is 5.78. The standard InChI is InChI=1S/C28H37F2N7O2/c1-19-18-39-14-11-36(19)24-15-25(37-23-7-3-2-6-22(23)32-27(37)26(29)30)34-28(33-24)31-16-20-5-4-10-35(17-20)21-8-12-38-13-9-21/h2-3,6-7,15,19-21,26H,4-5,8-14,16-18H2,1H3,(H,31,33,34)/t19-,20-/m1/s1. The number of hydrogen-bond acceptors (Lipinski definition) is 8. The Morgan fingerprint density at radius 3 is 2.64 bits per heavy atom. The Hall–Kier alpha value is -2.89. The molecule has 39 heavy (non-hydrogen) atoms. The van der Waals surface area contributed by atoms with Crippen LogP contribution in [0.15, 0.2) is 30.3 Å². The number of likely N-dealkylation sites (tertiary alicyclic amines) is 1. The van der Waals surface area contributed by atoms with Crippen LogP contribution in [0.2, 0.25) is 0 Å². The molecule has 0 aliphatic carbocycles. The summed E-state index contributed by atoms with van der Waals surface area (Å²) in [5.74, 6) is 1.68. The number of halogens is 2. The van der Waals surface area contributed by atoms with Crippen molar-refractivity contribution >= 4 is 22.8 Å². The van der Waals surface area contributed by atoms with Gasteiger partial charge in [-0.2, -0.15) is 9.97 Å². The van der Waals surface area contributed by atoms with E-state index in [0.29, 0.717) is 60.3 Å². The largest absolute Gasteiger partial charge is 0.381 e. The summed E-state index contributed by atoms with van der Waals surface area (Å²) in [6.45, 7) is 8.52. The third-order valence-electron chi connectivity index (χ3n) is 8.18. The minimum Gasteiger partial charge on any atom is -0.381 e. The van der Waals surface area contributed by atoms with E-state index < -0.39 is 6.43 Å². The Balaban J connectivity index is 1.30. The van der Waals surface area contributed by atoms with E-state index in [0.717, 1.165) is 52.1 Å². The molecule has 11 heteroatoms. The van der Waals surface area contributed by atoms with Gasteiger partial charge in [-0.15, -0.1) is 0 Å². The maximum absolute atomic E-state index is 14.2. The summed E-state index contributed by atoms with van der Waals surface area (Å²) in [4.78, 5) is 18.6. The van der Waals surface area contributed by atoms with E-state index >= 15 is 0 Å². The summed E-state index contributed by atoms with van der Waals surface area (Å²) in [6, 6.07) is 9.67. The summed E-state index contributed by atoms with van der Waals surface area (Å²) in [6.07, 6.45) is 1.75. The summed E-state index contributed by atoms with van der Waals surface area (Å²) in [5.41, 5.74) is 1.11. The highest BCUT2D eigenvalue weighted by atomic mass is 19.3. The predicted octanol–water partition coefficient (Wildman–Crippen LogP) is 4.28. The lowest BCUT2D eigenvalue weighted by Crippen LogP contribution is -2.46. The highest BCUT2D eigenvalue weighted by Crippen LogP contribution is 2.30. The maximum Gasteiger partial charge on any atom is 0.296 e. The second-order valence-electron chi connectivity index (χ2n) is 10.8. The van der Waals surface area contributed by atoms with E-state index in [9.17, 15) is 8.78 Å². The van der Waals surface area contributed by atoms with E-state index in [1.165, 1.54) is 11.0 Å². The molecule has 3 saturated heterocycles.